The fourth-order valence-electron chi connectivity index (χ4n) is 1.22. The summed E-state index contributed by atoms with van der Waals surface area (Å²) < 4.78 is 1.63. The normalized spacial score (nSPS) is 10.3. The molecule has 76 valence electrons. The fourth-order valence-corrected chi connectivity index (χ4v) is 1.35. The zero-order valence-electron chi connectivity index (χ0n) is 8.01. The minimum Gasteiger partial charge on any atom is -0.288 e. The second kappa shape index (κ2) is 3.82. The minimum atomic E-state index is -0.208. The summed E-state index contributed by atoms with van der Waals surface area (Å²) in [5, 5.41) is 7.85. The lowest BCUT2D eigenvalue weighted by Gasteiger charge is -1.98. The molecule has 0 N–H and O–H groups in total. The van der Waals surface area contributed by atoms with Crippen molar-refractivity contribution in [3.63, 3.8) is 0 Å². The van der Waals surface area contributed by atoms with Gasteiger partial charge in [-0.15, -0.1) is 5.10 Å². The molecular weight excluding hydrogens is 214 g/mol. The Morgan fingerprint density at radius 1 is 1.27 bits per heavy atom. The maximum absolute atomic E-state index is 11.2. The maximum Gasteiger partial charge on any atom is 0.197 e. The van der Waals surface area contributed by atoms with E-state index in [1.807, 2.05) is 6.92 Å². The molecule has 1 aromatic heterocycles. The summed E-state index contributed by atoms with van der Waals surface area (Å²) >= 11 is 5.71. The highest BCUT2D eigenvalue weighted by Gasteiger charge is 2.01. The Balaban J connectivity index is 2.62. The SMILES string of the molecule is Cc1cnnn1-c1ccc(Cl)c(=O)cc1. The van der Waals surface area contributed by atoms with E-state index in [2.05, 4.69) is 10.3 Å². The van der Waals surface area contributed by atoms with Crippen LogP contribution in [-0.4, -0.2) is 15.0 Å². The van der Waals surface area contributed by atoms with Crippen LogP contribution in [0.25, 0.3) is 5.69 Å². The highest BCUT2D eigenvalue weighted by Crippen LogP contribution is 2.08. The lowest BCUT2D eigenvalue weighted by Crippen LogP contribution is -1.97. The van der Waals surface area contributed by atoms with E-state index in [0.29, 0.717) is 0 Å². The Hall–Kier alpha value is -1.68. The van der Waals surface area contributed by atoms with Gasteiger partial charge >= 0.3 is 0 Å². The Morgan fingerprint density at radius 2 is 2.00 bits per heavy atom. The number of hydrogen-bond donors (Lipinski definition) is 0. The van der Waals surface area contributed by atoms with Crippen molar-refractivity contribution >= 4 is 11.6 Å². The standard InChI is InChI=1S/C10H8ClN3O/c1-7-6-12-13-14(7)8-2-4-9(11)10(15)5-3-8/h2-6H,1H3. The summed E-state index contributed by atoms with van der Waals surface area (Å²) in [6.07, 6.45) is 1.65. The van der Waals surface area contributed by atoms with Crippen LogP contribution in [0.1, 0.15) is 5.69 Å². The molecule has 4 nitrogen and oxygen atoms in total. The van der Waals surface area contributed by atoms with Gasteiger partial charge in [-0.1, -0.05) is 16.8 Å². The van der Waals surface area contributed by atoms with Crippen molar-refractivity contribution in [2.75, 3.05) is 0 Å². The van der Waals surface area contributed by atoms with Gasteiger partial charge in [-0.25, -0.2) is 4.68 Å². The molecule has 0 radical (unpaired) electrons. The van der Waals surface area contributed by atoms with E-state index in [0.717, 1.165) is 11.4 Å². The summed E-state index contributed by atoms with van der Waals surface area (Å²) in [4.78, 5) is 11.2. The molecule has 0 saturated carbocycles. The summed E-state index contributed by atoms with van der Waals surface area (Å²) in [6.45, 7) is 1.88. The molecule has 0 aliphatic carbocycles. The number of halogens is 1. The van der Waals surface area contributed by atoms with Gasteiger partial charge in [0.15, 0.2) is 5.43 Å². The molecule has 0 aliphatic heterocycles. The monoisotopic (exact) mass is 221 g/mol. The van der Waals surface area contributed by atoms with Crippen LogP contribution in [0.5, 0.6) is 0 Å². The van der Waals surface area contributed by atoms with Crippen molar-refractivity contribution in [3.05, 3.63) is 51.4 Å². The average Bonchev–Trinajstić information content (AvgIpc) is 2.57. The Kier molecular flexibility index (Phi) is 2.51. The van der Waals surface area contributed by atoms with Crippen LogP contribution in [0.15, 0.2) is 35.3 Å². The first kappa shape index (κ1) is 9.86. The third-order valence-electron chi connectivity index (χ3n) is 2.01. The van der Waals surface area contributed by atoms with E-state index in [1.165, 1.54) is 6.07 Å². The van der Waals surface area contributed by atoms with E-state index in [1.54, 1.807) is 29.1 Å². The Labute approximate surface area is 91.1 Å². The topological polar surface area (TPSA) is 47.8 Å². The smallest absolute Gasteiger partial charge is 0.197 e. The fraction of sp³-hybridized carbons (Fsp3) is 0.100. The van der Waals surface area contributed by atoms with E-state index in [4.69, 9.17) is 11.6 Å². The van der Waals surface area contributed by atoms with Crippen molar-refractivity contribution < 1.29 is 0 Å². The van der Waals surface area contributed by atoms with Crippen molar-refractivity contribution in [1.29, 1.82) is 0 Å². The van der Waals surface area contributed by atoms with Crippen LogP contribution in [-0.2, 0) is 0 Å². The second-order valence-electron chi connectivity index (χ2n) is 3.09. The molecule has 2 aromatic rings. The number of rotatable bonds is 1. The largest absolute Gasteiger partial charge is 0.288 e. The van der Waals surface area contributed by atoms with Gasteiger partial charge in [0.2, 0.25) is 0 Å². The van der Waals surface area contributed by atoms with Crippen molar-refractivity contribution in [3.8, 4) is 5.69 Å². The van der Waals surface area contributed by atoms with Crippen LogP contribution in [0.4, 0.5) is 0 Å². The van der Waals surface area contributed by atoms with Gasteiger partial charge in [-0.2, -0.15) is 0 Å². The number of aryl methyl sites for hydroxylation is 1. The zero-order valence-corrected chi connectivity index (χ0v) is 8.77. The van der Waals surface area contributed by atoms with Gasteiger partial charge in [0.1, 0.15) is 0 Å². The van der Waals surface area contributed by atoms with Gasteiger partial charge < -0.3 is 0 Å². The third kappa shape index (κ3) is 1.89. The van der Waals surface area contributed by atoms with Crippen molar-refractivity contribution in [1.82, 2.24) is 15.0 Å². The highest BCUT2D eigenvalue weighted by molar-refractivity contribution is 6.30. The quantitative estimate of drug-likeness (QED) is 0.735. The molecule has 0 aliphatic rings. The lowest BCUT2D eigenvalue weighted by atomic mass is 10.4. The molecular formula is C10H8ClN3O. The number of nitrogens with zero attached hydrogens (tertiary/aromatic N) is 3. The summed E-state index contributed by atoms with van der Waals surface area (Å²) in [5.74, 6) is 0. The summed E-state index contributed by atoms with van der Waals surface area (Å²) in [5.41, 5.74) is 1.44. The van der Waals surface area contributed by atoms with Gasteiger partial charge in [0.05, 0.1) is 22.6 Å². The van der Waals surface area contributed by atoms with Crippen molar-refractivity contribution in [2.45, 2.75) is 6.92 Å². The van der Waals surface area contributed by atoms with E-state index >= 15 is 0 Å². The Morgan fingerprint density at radius 3 is 2.67 bits per heavy atom. The lowest BCUT2D eigenvalue weighted by molar-refractivity contribution is 0.786. The summed E-state index contributed by atoms with van der Waals surface area (Å²) in [7, 11) is 0. The van der Waals surface area contributed by atoms with E-state index < -0.39 is 0 Å². The molecule has 1 aromatic carbocycles. The summed E-state index contributed by atoms with van der Waals surface area (Å²) in [6, 6.07) is 6.36. The molecule has 1 heterocycles. The Bertz CT molecular complexity index is 550. The first-order valence-corrected chi connectivity index (χ1v) is 4.74. The minimum absolute atomic E-state index is 0.194. The van der Waals surface area contributed by atoms with Crippen LogP contribution >= 0.6 is 11.6 Å². The molecule has 0 saturated heterocycles. The first-order chi connectivity index (χ1) is 7.18. The predicted molar refractivity (Wildman–Crippen MR) is 57.4 cm³/mol. The molecule has 0 spiro atoms. The van der Waals surface area contributed by atoms with Gasteiger partial charge in [0, 0.05) is 0 Å². The van der Waals surface area contributed by atoms with Crippen LogP contribution in [0, 0.1) is 6.92 Å². The average molecular weight is 222 g/mol. The van der Waals surface area contributed by atoms with Gasteiger partial charge in [-0.05, 0) is 31.2 Å². The van der Waals surface area contributed by atoms with Crippen LogP contribution < -0.4 is 5.43 Å². The number of hydrogen-bond acceptors (Lipinski definition) is 3. The van der Waals surface area contributed by atoms with Crippen LogP contribution in [0.2, 0.25) is 5.02 Å². The molecule has 0 unspecified atom stereocenters. The third-order valence-corrected chi connectivity index (χ3v) is 2.32. The zero-order chi connectivity index (χ0) is 10.8. The second-order valence-corrected chi connectivity index (χ2v) is 3.50. The van der Waals surface area contributed by atoms with E-state index in [-0.39, 0.29) is 10.5 Å². The molecule has 2 rings (SSSR count). The first-order valence-electron chi connectivity index (χ1n) is 4.36. The van der Waals surface area contributed by atoms with Gasteiger partial charge in [0.25, 0.3) is 0 Å². The molecule has 0 bridgehead atoms. The maximum atomic E-state index is 11.2. The predicted octanol–water partition coefficient (Wildman–Crippen LogP) is 1.59. The molecule has 0 fully saturated rings. The molecule has 0 atom stereocenters. The number of aromatic nitrogens is 3. The van der Waals surface area contributed by atoms with Gasteiger partial charge in [-0.3, -0.25) is 4.79 Å². The van der Waals surface area contributed by atoms with Crippen molar-refractivity contribution in [2.24, 2.45) is 0 Å². The molecule has 15 heavy (non-hydrogen) atoms. The van der Waals surface area contributed by atoms with E-state index in [9.17, 15) is 4.79 Å². The molecule has 0 amide bonds. The highest BCUT2D eigenvalue weighted by atomic mass is 35.5. The van der Waals surface area contributed by atoms with Crippen LogP contribution in [0.3, 0.4) is 0 Å². The molecule has 5 heteroatoms.